The zero-order valence-corrected chi connectivity index (χ0v) is 12.2. The predicted molar refractivity (Wildman–Crippen MR) is 77.2 cm³/mol. The fraction of sp³-hybridized carbons (Fsp3) is 0.533. The molecular weight excluding hydrogens is 254 g/mol. The van der Waals surface area contributed by atoms with E-state index in [9.17, 15) is 9.59 Å². The molecule has 0 aliphatic carbocycles. The second-order valence-corrected chi connectivity index (χ2v) is 5.46. The molecule has 1 aliphatic heterocycles. The quantitative estimate of drug-likeness (QED) is 0.910. The molecule has 1 aromatic rings. The van der Waals surface area contributed by atoms with Gasteiger partial charge in [-0.3, -0.25) is 19.5 Å². The average Bonchev–Trinajstić information content (AvgIpc) is 2.43. The molecule has 0 radical (unpaired) electrons. The number of carbonyl (C=O) groups is 2. The second kappa shape index (κ2) is 6.03. The Labute approximate surface area is 119 Å². The summed E-state index contributed by atoms with van der Waals surface area (Å²) in [5, 5.41) is 2.85. The highest BCUT2D eigenvalue weighted by Gasteiger charge is 2.42. The SMILES string of the molecule is CCCC1NC(=O)C(C(C)C)N(c2cccnc2)C1=O. The highest BCUT2D eigenvalue weighted by molar-refractivity contribution is 6.08. The minimum atomic E-state index is -0.472. The van der Waals surface area contributed by atoms with Crippen LogP contribution in [0.25, 0.3) is 0 Å². The van der Waals surface area contributed by atoms with Crippen LogP contribution in [0.2, 0.25) is 0 Å². The van der Waals surface area contributed by atoms with Crippen LogP contribution in [-0.2, 0) is 9.59 Å². The third-order valence-corrected chi connectivity index (χ3v) is 3.53. The van der Waals surface area contributed by atoms with Gasteiger partial charge in [0.2, 0.25) is 11.8 Å². The molecule has 108 valence electrons. The predicted octanol–water partition coefficient (Wildman–Crippen LogP) is 1.74. The van der Waals surface area contributed by atoms with E-state index in [2.05, 4.69) is 10.3 Å². The van der Waals surface area contributed by atoms with Crippen LogP contribution in [0.15, 0.2) is 24.5 Å². The van der Waals surface area contributed by atoms with Crippen molar-refractivity contribution in [3.63, 3.8) is 0 Å². The second-order valence-electron chi connectivity index (χ2n) is 5.46. The van der Waals surface area contributed by atoms with Gasteiger partial charge in [-0.25, -0.2) is 0 Å². The first-order valence-electron chi connectivity index (χ1n) is 7.09. The van der Waals surface area contributed by atoms with Gasteiger partial charge in [-0.05, 0) is 24.5 Å². The van der Waals surface area contributed by atoms with Crippen molar-refractivity contribution in [2.24, 2.45) is 5.92 Å². The van der Waals surface area contributed by atoms with E-state index >= 15 is 0 Å². The number of hydrogen-bond donors (Lipinski definition) is 1. The molecule has 2 unspecified atom stereocenters. The van der Waals surface area contributed by atoms with Crippen LogP contribution in [0.3, 0.4) is 0 Å². The van der Waals surface area contributed by atoms with E-state index in [1.54, 1.807) is 23.4 Å². The first-order valence-corrected chi connectivity index (χ1v) is 7.09. The highest BCUT2D eigenvalue weighted by Crippen LogP contribution is 2.25. The molecule has 1 aromatic heterocycles. The van der Waals surface area contributed by atoms with Crippen molar-refractivity contribution in [3.8, 4) is 0 Å². The van der Waals surface area contributed by atoms with Crippen LogP contribution in [0.1, 0.15) is 33.6 Å². The largest absolute Gasteiger partial charge is 0.342 e. The summed E-state index contributed by atoms with van der Waals surface area (Å²) in [6.07, 6.45) is 4.80. The number of carbonyl (C=O) groups excluding carboxylic acids is 2. The van der Waals surface area contributed by atoms with Gasteiger partial charge in [0, 0.05) is 6.20 Å². The number of anilines is 1. The highest BCUT2D eigenvalue weighted by atomic mass is 16.2. The Morgan fingerprint density at radius 2 is 2.15 bits per heavy atom. The fourth-order valence-electron chi connectivity index (χ4n) is 2.61. The molecule has 1 saturated heterocycles. The molecule has 5 heteroatoms. The third-order valence-electron chi connectivity index (χ3n) is 3.53. The van der Waals surface area contributed by atoms with Crippen molar-refractivity contribution in [3.05, 3.63) is 24.5 Å². The molecule has 0 saturated carbocycles. The Kier molecular flexibility index (Phi) is 4.37. The maximum Gasteiger partial charge on any atom is 0.250 e. The van der Waals surface area contributed by atoms with Crippen molar-refractivity contribution in [1.82, 2.24) is 10.3 Å². The summed E-state index contributed by atoms with van der Waals surface area (Å²) in [4.78, 5) is 30.7. The summed E-state index contributed by atoms with van der Waals surface area (Å²) in [5.74, 6) is -0.0817. The van der Waals surface area contributed by atoms with Crippen molar-refractivity contribution < 1.29 is 9.59 Å². The normalized spacial score (nSPS) is 23.1. The molecule has 0 bridgehead atoms. The number of hydrogen-bond acceptors (Lipinski definition) is 3. The van der Waals surface area contributed by atoms with Crippen LogP contribution < -0.4 is 10.2 Å². The zero-order chi connectivity index (χ0) is 14.7. The molecule has 2 atom stereocenters. The van der Waals surface area contributed by atoms with E-state index in [0.717, 1.165) is 6.42 Å². The van der Waals surface area contributed by atoms with Crippen molar-refractivity contribution in [2.45, 2.75) is 45.7 Å². The van der Waals surface area contributed by atoms with Gasteiger partial charge in [0.05, 0.1) is 11.9 Å². The summed E-state index contributed by atoms with van der Waals surface area (Å²) in [6.45, 7) is 5.89. The maximum absolute atomic E-state index is 12.7. The fourth-order valence-corrected chi connectivity index (χ4v) is 2.61. The third kappa shape index (κ3) is 2.66. The van der Waals surface area contributed by atoms with Crippen molar-refractivity contribution >= 4 is 17.5 Å². The monoisotopic (exact) mass is 275 g/mol. The number of nitrogens with zero attached hydrogens (tertiary/aromatic N) is 2. The van der Waals surface area contributed by atoms with E-state index in [1.165, 1.54) is 0 Å². The Morgan fingerprint density at radius 1 is 1.40 bits per heavy atom. The summed E-state index contributed by atoms with van der Waals surface area (Å²) in [7, 11) is 0. The lowest BCUT2D eigenvalue weighted by Gasteiger charge is -2.40. The number of pyridine rings is 1. The molecular formula is C15H21N3O2. The average molecular weight is 275 g/mol. The number of aromatic nitrogens is 1. The molecule has 1 fully saturated rings. The molecule has 2 rings (SSSR count). The van der Waals surface area contributed by atoms with E-state index in [0.29, 0.717) is 12.1 Å². The van der Waals surface area contributed by atoms with Crippen LogP contribution in [0.4, 0.5) is 5.69 Å². The summed E-state index contributed by atoms with van der Waals surface area (Å²) in [6, 6.07) is 2.70. The minimum absolute atomic E-state index is 0.0433. The lowest BCUT2D eigenvalue weighted by molar-refractivity contribution is -0.135. The van der Waals surface area contributed by atoms with Gasteiger partial charge in [0.1, 0.15) is 12.1 Å². The lowest BCUT2D eigenvalue weighted by Crippen LogP contribution is -2.65. The Balaban J connectivity index is 2.39. The van der Waals surface area contributed by atoms with E-state index in [-0.39, 0.29) is 17.7 Å². The number of amides is 2. The van der Waals surface area contributed by atoms with Crippen LogP contribution >= 0.6 is 0 Å². The molecule has 5 nitrogen and oxygen atoms in total. The summed E-state index contributed by atoms with van der Waals surface area (Å²) < 4.78 is 0. The van der Waals surface area contributed by atoms with Gasteiger partial charge < -0.3 is 5.32 Å². The summed E-state index contributed by atoms with van der Waals surface area (Å²) in [5.41, 5.74) is 0.687. The van der Waals surface area contributed by atoms with Gasteiger partial charge in [0.25, 0.3) is 0 Å². The van der Waals surface area contributed by atoms with Crippen LogP contribution in [0, 0.1) is 5.92 Å². The van der Waals surface area contributed by atoms with E-state index in [4.69, 9.17) is 0 Å². The molecule has 0 spiro atoms. The van der Waals surface area contributed by atoms with Crippen LogP contribution in [0.5, 0.6) is 0 Å². The molecule has 0 aromatic carbocycles. The van der Waals surface area contributed by atoms with Gasteiger partial charge >= 0.3 is 0 Å². The van der Waals surface area contributed by atoms with Crippen molar-refractivity contribution in [1.29, 1.82) is 0 Å². The smallest absolute Gasteiger partial charge is 0.250 e. The molecule has 2 amide bonds. The van der Waals surface area contributed by atoms with Gasteiger partial charge in [-0.1, -0.05) is 27.2 Å². The molecule has 1 aliphatic rings. The first kappa shape index (κ1) is 14.5. The maximum atomic E-state index is 12.7. The van der Waals surface area contributed by atoms with Gasteiger partial charge in [0.15, 0.2) is 0 Å². The van der Waals surface area contributed by atoms with E-state index < -0.39 is 12.1 Å². The molecule has 2 heterocycles. The Bertz CT molecular complexity index is 487. The Hall–Kier alpha value is -1.91. The van der Waals surface area contributed by atoms with E-state index in [1.807, 2.05) is 26.8 Å². The zero-order valence-electron chi connectivity index (χ0n) is 12.2. The number of rotatable bonds is 4. The minimum Gasteiger partial charge on any atom is -0.342 e. The van der Waals surface area contributed by atoms with Crippen LogP contribution in [-0.4, -0.2) is 28.9 Å². The lowest BCUT2D eigenvalue weighted by atomic mass is 9.95. The van der Waals surface area contributed by atoms with Crippen molar-refractivity contribution in [2.75, 3.05) is 4.90 Å². The molecule has 20 heavy (non-hydrogen) atoms. The topological polar surface area (TPSA) is 62.3 Å². The number of nitrogens with one attached hydrogen (secondary N) is 1. The first-order chi connectivity index (χ1) is 9.56. The molecule has 1 N–H and O–H groups in total. The standard InChI is InChI=1S/C15H21N3O2/c1-4-6-12-15(20)18(11-7-5-8-16-9-11)13(10(2)3)14(19)17-12/h5,7-10,12-13H,4,6H2,1-3H3,(H,17,19). The summed E-state index contributed by atoms with van der Waals surface area (Å²) >= 11 is 0. The van der Waals surface area contributed by atoms with Gasteiger partial charge in [-0.15, -0.1) is 0 Å². The van der Waals surface area contributed by atoms with Gasteiger partial charge in [-0.2, -0.15) is 0 Å². The Morgan fingerprint density at radius 3 is 2.70 bits per heavy atom. The number of piperazine rings is 1.